The van der Waals surface area contributed by atoms with Crippen molar-refractivity contribution in [3.63, 3.8) is 0 Å². The van der Waals surface area contributed by atoms with Crippen LogP contribution >= 0.6 is 11.6 Å². The van der Waals surface area contributed by atoms with Gasteiger partial charge >= 0.3 is 0 Å². The maximum atomic E-state index is 11.9. The number of halogens is 1. The first-order valence-corrected chi connectivity index (χ1v) is 8.74. The van der Waals surface area contributed by atoms with Gasteiger partial charge < -0.3 is 10.0 Å². The molecule has 0 bridgehead atoms. The topological polar surface area (TPSA) is 107 Å². The number of piperidine rings is 1. The number of anilines is 1. The molecule has 22 heavy (non-hydrogen) atoms. The van der Waals surface area contributed by atoms with Crippen molar-refractivity contribution in [2.24, 2.45) is 0 Å². The summed E-state index contributed by atoms with van der Waals surface area (Å²) in [4.78, 5) is 13.5. The van der Waals surface area contributed by atoms with Gasteiger partial charge in [-0.1, -0.05) is 11.6 Å². The number of H-pyrrole nitrogens is 1. The highest BCUT2D eigenvalue weighted by molar-refractivity contribution is 7.89. The molecule has 2 rings (SSSR count). The highest BCUT2D eigenvalue weighted by atomic mass is 35.5. The van der Waals surface area contributed by atoms with Gasteiger partial charge in [0.25, 0.3) is 5.56 Å². The van der Waals surface area contributed by atoms with E-state index in [1.165, 1.54) is 20.2 Å². The lowest BCUT2D eigenvalue weighted by atomic mass is 9.93. The summed E-state index contributed by atoms with van der Waals surface area (Å²) in [5, 5.41) is 16.6. The third-order valence-corrected chi connectivity index (χ3v) is 6.00. The van der Waals surface area contributed by atoms with Crippen molar-refractivity contribution in [1.29, 1.82) is 0 Å². The molecule has 0 amide bonds. The molecular weight excluding hydrogens is 332 g/mol. The average Bonchev–Trinajstić information content (AvgIpc) is 2.41. The van der Waals surface area contributed by atoms with E-state index in [4.69, 9.17) is 11.6 Å². The van der Waals surface area contributed by atoms with E-state index in [0.717, 1.165) is 4.31 Å². The largest absolute Gasteiger partial charge is 0.389 e. The molecule has 2 heterocycles. The van der Waals surface area contributed by atoms with Gasteiger partial charge in [0.15, 0.2) is 5.15 Å². The summed E-state index contributed by atoms with van der Waals surface area (Å²) >= 11 is 5.77. The summed E-state index contributed by atoms with van der Waals surface area (Å²) < 4.78 is 25.0. The molecule has 1 saturated heterocycles. The first kappa shape index (κ1) is 17.2. The number of sulfonamides is 1. The minimum atomic E-state index is -3.49. The van der Waals surface area contributed by atoms with Crippen LogP contribution < -0.4 is 10.5 Å². The monoisotopic (exact) mass is 350 g/mol. The SMILES string of the molecule is CN(C)S(=O)(=O)CC1(O)CCN(c2cc(Cl)n[nH]c2=O)CC1. The van der Waals surface area contributed by atoms with Gasteiger partial charge in [-0.2, -0.15) is 5.10 Å². The van der Waals surface area contributed by atoms with Crippen molar-refractivity contribution in [2.75, 3.05) is 37.8 Å². The molecule has 0 radical (unpaired) electrons. The van der Waals surface area contributed by atoms with Crippen LogP contribution in [-0.2, 0) is 10.0 Å². The molecule has 0 atom stereocenters. The molecule has 0 aliphatic carbocycles. The van der Waals surface area contributed by atoms with Crippen LogP contribution in [0.2, 0.25) is 5.15 Å². The van der Waals surface area contributed by atoms with Crippen LogP contribution in [0, 0.1) is 0 Å². The molecule has 1 aromatic rings. The zero-order valence-electron chi connectivity index (χ0n) is 12.4. The molecule has 10 heteroatoms. The number of aromatic amines is 1. The van der Waals surface area contributed by atoms with Gasteiger partial charge in [-0.25, -0.2) is 17.8 Å². The van der Waals surface area contributed by atoms with Gasteiger partial charge in [0, 0.05) is 33.3 Å². The smallest absolute Gasteiger partial charge is 0.287 e. The first-order valence-electron chi connectivity index (χ1n) is 6.76. The minimum Gasteiger partial charge on any atom is -0.389 e. The average molecular weight is 351 g/mol. The number of hydrogen-bond donors (Lipinski definition) is 2. The summed E-state index contributed by atoms with van der Waals surface area (Å²) in [6, 6.07) is 1.46. The van der Waals surface area contributed by atoms with E-state index >= 15 is 0 Å². The lowest BCUT2D eigenvalue weighted by Crippen LogP contribution is -2.50. The van der Waals surface area contributed by atoms with Crippen molar-refractivity contribution < 1.29 is 13.5 Å². The zero-order chi connectivity index (χ0) is 16.5. The van der Waals surface area contributed by atoms with Gasteiger partial charge in [0.1, 0.15) is 5.69 Å². The van der Waals surface area contributed by atoms with E-state index in [9.17, 15) is 18.3 Å². The second-order valence-electron chi connectivity index (χ2n) is 5.66. The van der Waals surface area contributed by atoms with Crippen molar-refractivity contribution in [2.45, 2.75) is 18.4 Å². The molecule has 0 spiro atoms. The molecule has 1 aromatic heterocycles. The summed E-state index contributed by atoms with van der Waals surface area (Å²) in [6.45, 7) is 0.728. The Bertz CT molecular complexity index is 695. The molecule has 124 valence electrons. The van der Waals surface area contributed by atoms with Crippen LogP contribution in [-0.4, -0.2) is 66.6 Å². The third-order valence-electron chi connectivity index (χ3n) is 3.79. The van der Waals surface area contributed by atoms with E-state index in [1.54, 1.807) is 4.90 Å². The van der Waals surface area contributed by atoms with Gasteiger partial charge in [-0.05, 0) is 12.8 Å². The minimum absolute atomic E-state index is 0.172. The number of aromatic nitrogens is 2. The van der Waals surface area contributed by atoms with Crippen LogP contribution in [0.25, 0.3) is 0 Å². The molecular formula is C12H19ClN4O4S. The Morgan fingerprint density at radius 1 is 1.45 bits per heavy atom. The number of nitrogens with one attached hydrogen (secondary N) is 1. The maximum absolute atomic E-state index is 11.9. The Morgan fingerprint density at radius 2 is 2.05 bits per heavy atom. The van der Waals surface area contributed by atoms with Crippen LogP contribution in [0.3, 0.4) is 0 Å². The summed E-state index contributed by atoms with van der Waals surface area (Å²) in [6.07, 6.45) is 0.499. The molecule has 0 unspecified atom stereocenters. The van der Waals surface area contributed by atoms with Crippen molar-refractivity contribution in [3.8, 4) is 0 Å². The Labute approximate surface area is 133 Å². The van der Waals surface area contributed by atoms with Crippen LogP contribution in [0.4, 0.5) is 5.69 Å². The summed E-state index contributed by atoms with van der Waals surface area (Å²) in [7, 11) is -0.614. The Hall–Kier alpha value is -1.16. The quantitative estimate of drug-likeness (QED) is 0.768. The molecule has 8 nitrogen and oxygen atoms in total. The fraction of sp³-hybridized carbons (Fsp3) is 0.667. The second kappa shape index (κ2) is 6.15. The Balaban J connectivity index is 2.10. The summed E-state index contributed by atoms with van der Waals surface area (Å²) in [5.74, 6) is -0.325. The second-order valence-corrected chi connectivity index (χ2v) is 8.23. The number of aliphatic hydroxyl groups is 1. The van der Waals surface area contributed by atoms with Crippen LogP contribution in [0.5, 0.6) is 0 Å². The molecule has 1 aliphatic rings. The first-order chi connectivity index (χ1) is 10.1. The van der Waals surface area contributed by atoms with Crippen molar-refractivity contribution in [3.05, 3.63) is 21.6 Å². The fourth-order valence-corrected chi connectivity index (χ4v) is 3.76. The normalized spacial score (nSPS) is 18.7. The van der Waals surface area contributed by atoms with E-state index in [-0.39, 0.29) is 29.3 Å². The third kappa shape index (κ3) is 3.78. The lowest BCUT2D eigenvalue weighted by Gasteiger charge is -2.39. The maximum Gasteiger partial charge on any atom is 0.287 e. The van der Waals surface area contributed by atoms with E-state index < -0.39 is 15.6 Å². The fourth-order valence-electron chi connectivity index (χ4n) is 2.38. The van der Waals surface area contributed by atoms with E-state index in [0.29, 0.717) is 18.8 Å². The standard InChI is InChI=1S/C12H19ClN4O4S/c1-16(2)22(20,21)8-12(19)3-5-17(6-4-12)9-7-10(13)14-15-11(9)18/h7,19H,3-6,8H2,1-2H3,(H,15,18). The van der Waals surface area contributed by atoms with Crippen molar-refractivity contribution >= 4 is 27.3 Å². The number of nitrogens with zero attached hydrogens (tertiary/aromatic N) is 3. The molecule has 0 aromatic carbocycles. The van der Waals surface area contributed by atoms with E-state index in [1.807, 2.05) is 0 Å². The van der Waals surface area contributed by atoms with Gasteiger partial charge in [0.2, 0.25) is 10.0 Å². The van der Waals surface area contributed by atoms with Crippen molar-refractivity contribution in [1.82, 2.24) is 14.5 Å². The Kier molecular flexibility index (Phi) is 4.81. The van der Waals surface area contributed by atoms with E-state index in [2.05, 4.69) is 10.2 Å². The van der Waals surface area contributed by atoms with Gasteiger partial charge in [-0.15, -0.1) is 0 Å². The van der Waals surface area contributed by atoms with Crippen LogP contribution in [0.1, 0.15) is 12.8 Å². The van der Waals surface area contributed by atoms with Gasteiger partial charge in [-0.3, -0.25) is 4.79 Å². The molecule has 2 N–H and O–H groups in total. The van der Waals surface area contributed by atoms with Crippen LogP contribution in [0.15, 0.2) is 10.9 Å². The number of rotatable bonds is 4. The predicted octanol–water partition coefficient (Wildman–Crippen LogP) is -0.354. The molecule has 1 aliphatic heterocycles. The van der Waals surface area contributed by atoms with Gasteiger partial charge in [0.05, 0.1) is 11.4 Å². The summed E-state index contributed by atoms with van der Waals surface area (Å²) in [5.41, 5.74) is -1.28. The zero-order valence-corrected chi connectivity index (χ0v) is 14.0. The highest BCUT2D eigenvalue weighted by Gasteiger charge is 2.38. The lowest BCUT2D eigenvalue weighted by molar-refractivity contribution is 0.0375. The predicted molar refractivity (Wildman–Crippen MR) is 83.7 cm³/mol. The Morgan fingerprint density at radius 3 is 2.59 bits per heavy atom. The molecule has 0 saturated carbocycles. The number of hydrogen-bond acceptors (Lipinski definition) is 6. The molecule has 1 fully saturated rings. The highest BCUT2D eigenvalue weighted by Crippen LogP contribution is 2.27.